The molecule has 3 aromatic carbocycles. The van der Waals surface area contributed by atoms with Crippen molar-refractivity contribution in [3.63, 3.8) is 0 Å². The van der Waals surface area contributed by atoms with Gasteiger partial charge >= 0.3 is 0 Å². The molecule has 2 amide bonds. The van der Waals surface area contributed by atoms with E-state index in [1.807, 2.05) is 6.92 Å². The third kappa shape index (κ3) is 7.45. The summed E-state index contributed by atoms with van der Waals surface area (Å²) in [4.78, 5) is 28.1. The van der Waals surface area contributed by atoms with Crippen molar-refractivity contribution in [3.8, 4) is 11.5 Å². The summed E-state index contributed by atoms with van der Waals surface area (Å²) in [5, 5.41) is 2.99. The first-order chi connectivity index (χ1) is 19.1. The van der Waals surface area contributed by atoms with Crippen molar-refractivity contribution in [1.82, 2.24) is 10.2 Å². The quantitative estimate of drug-likeness (QED) is 0.316. The fourth-order valence-electron chi connectivity index (χ4n) is 4.15. The summed E-state index contributed by atoms with van der Waals surface area (Å²) in [6.45, 7) is 3.64. The molecule has 0 aliphatic carbocycles. The average molecular weight is 588 g/mol. The summed E-state index contributed by atoms with van der Waals surface area (Å²) in [6, 6.07) is 18.5. The molecule has 0 fully saturated rings. The number of carbonyl (C=O) groups excluding carboxylic acids is 2. The lowest BCUT2D eigenvalue weighted by Gasteiger charge is -2.33. The second-order valence-corrected chi connectivity index (χ2v) is 11.1. The minimum atomic E-state index is -4.20. The van der Waals surface area contributed by atoms with Gasteiger partial charge in [0.25, 0.3) is 10.0 Å². The van der Waals surface area contributed by atoms with Gasteiger partial charge in [-0.1, -0.05) is 30.7 Å². The molecule has 9 nitrogen and oxygen atoms in total. The zero-order chi connectivity index (χ0) is 29.3. The highest BCUT2D eigenvalue weighted by atomic mass is 35.5. The van der Waals surface area contributed by atoms with E-state index in [9.17, 15) is 18.0 Å². The topological polar surface area (TPSA) is 105 Å². The lowest BCUT2D eigenvalue weighted by molar-refractivity contribution is -0.140. The highest BCUT2D eigenvalue weighted by Gasteiger charge is 2.33. The predicted molar refractivity (Wildman–Crippen MR) is 155 cm³/mol. The molecule has 3 aromatic rings. The molecular weight excluding hydrogens is 554 g/mol. The van der Waals surface area contributed by atoms with Crippen LogP contribution in [0.4, 0.5) is 5.69 Å². The van der Waals surface area contributed by atoms with Crippen LogP contribution in [0.3, 0.4) is 0 Å². The lowest BCUT2D eigenvalue weighted by atomic mass is 10.1. The summed E-state index contributed by atoms with van der Waals surface area (Å²) in [5.41, 5.74) is 1.02. The normalized spacial score (nSPS) is 11.8. The minimum absolute atomic E-state index is 0.0290. The third-order valence-electron chi connectivity index (χ3n) is 6.26. The van der Waals surface area contributed by atoms with Gasteiger partial charge in [-0.05, 0) is 79.6 Å². The van der Waals surface area contributed by atoms with Crippen LogP contribution in [0.15, 0.2) is 77.7 Å². The number of amides is 2. The maximum Gasteiger partial charge on any atom is 0.264 e. The van der Waals surface area contributed by atoms with E-state index >= 15 is 0 Å². The van der Waals surface area contributed by atoms with Crippen molar-refractivity contribution in [2.45, 2.75) is 37.8 Å². The molecule has 0 radical (unpaired) electrons. The number of anilines is 1. The van der Waals surface area contributed by atoms with Crippen LogP contribution >= 0.6 is 11.6 Å². The van der Waals surface area contributed by atoms with Crippen LogP contribution in [-0.4, -0.2) is 58.5 Å². The van der Waals surface area contributed by atoms with Gasteiger partial charge in [0.2, 0.25) is 11.8 Å². The molecule has 1 atom stereocenters. The summed E-state index contributed by atoms with van der Waals surface area (Å²) in [6.07, 6.45) is 0.328. The fourth-order valence-corrected chi connectivity index (χ4v) is 5.69. The Bertz CT molecular complexity index is 1380. The summed E-state index contributed by atoms with van der Waals surface area (Å²) >= 11 is 5.99. The van der Waals surface area contributed by atoms with Gasteiger partial charge in [0.05, 0.1) is 24.3 Å². The zero-order valence-electron chi connectivity index (χ0n) is 23.0. The smallest absolute Gasteiger partial charge is 0.264 e. The molecule has 0 aliphatic heterocycles. The van der Waals surface area contributed by atoms with E-state index in [1.165, 1.54) is 36.2 Å². The number of hydrogen-bond acceptors (Lipinski definition) is 6. The third-order valence-corrected chi connectivity index (χ3v) is 8.30. The van der Waals surface area contributed by atoms with Gasteiger partial charge in [0, 0.05) is 18.6 Å². The Kier molecular flexibility index (Phi) is 10.8. The Labute approximate surface area is 240 Å². The van der Waals surface area contributed by atoms with E-state index in [1.54, 1.807) is 62.6 Å². The molecule has 0 spiro atoms. The van der Waals surface area contributed by atoms with Crippen LogP contribution in [0.5, 0.6) is 11.5 Å². The number of likely N-dealkylation sites (N-methyl/N-ethyl adjacent to an activating group) is 1. The Morgan fingerprint density at radius 1 is 0.925 bits per heavy atom. The first-order valence-electron chi connectivity index (χ1n) is 12.8. The maximum absolute atomic E-state index is 13.9. The number of hydrogen-bond donors (Lipinski definition) is 1. The van der Waals surface area contributed by atoms with Crippen LogP contribution in [0.2, 0.25) is 5.02 Å². The van der Waals surface area contributed by atoms with Crippen molar-refractivity contribution in [2.75, 3.05) is 31.6 Å². The van der Waals surface area contributed by atoms with Gasteiger partial charge in [-0.15, -0.1) is 0 Å². The van der Waals surface area contributed by atoms with Gasteiger partial charge in [-0.3, -0.25) is 13.9 Å². The van der Waals surface area contributed by atoms with Gasteiger partial charge < -0.3 is 19.7 Å². The monoisotopic (exact) mass is 587 g/mol. The minimum Gasteiger partial charge on any atom is -0.497 e. The Morgan fingerprint density at radius 2 is 1.52 bits per heavy atom. The molecular formula is C29H34ClN3O6S. The van der Waals surface area contributed by atoms with Gasteiger partial charge in [0.15, 0.2) is 0 Å². The van der Waals surface area contributed by atoms with Gasteiger partial charge in [-0.25, -0.2) is 8.42 Å². The van der Waals surface area contributed by atoms with Crippen LogP contribution in [-0.2, 0) is 26.2 Å². The standard InChI is InChI=1S/C29H34ClN3O6S/c1-5-27(29(35)31-3)32(19-21-7-13-24(38-4)14-8-21)28(34)20-33(23-11-15-25(16-12-23)39-6-2)40(36,37)26-17-9-22(30)10-18-26/h7-18,27H,5-6,19-20H2,1-4H3,(H,31,35)/t27-/m0/s1. The number of methoxy groups -OCH3 is 1. The molecule has 0 saturated carbocycles. The van der Waals surface area contributed by atoms with Crippen molar-refractivity contribution < 1.29 is 27.5 Å². The Balaban J connectivity index is 2.04. The molecule has 11 heteroatoms. The largest absolute Gasteiger partial charge is 0.497 e. The van der Waals surface area contributed by atoms with E-state index in [0.29, 0.717) is 29.5 Å². The molecule has 3 rings (SSSR count). The first-order valence-corrected chi connectivity index (χ1v) is 14.6. The number of halogens is 1. The van der Waals surface area contributed by atoms with Crippen LogP contribution in [0.25, 0.3) is 0 Å². The number of ether oxygens (including phenoxy) is 2. The Hall–Kier alpha value is -3.76. The summed E-state index contributed by atoms with van der Waals surface area (Å²) < 4.78 is 39.5. The lowest BCUT2D eigenvalue weighted by Crippen LogP contribution is -2.51. The second kappa shape index (κ2) is 14.0. The number of nitrogens with zero attached hydrogens (tertiary/aromatic N) is 2. The van der Waals surface area contributed by atoms with Crippen LogP contribution in [0.1, 0.15) is 25.8 Å². The highest BCUT2D eigenvalue weighted by molar-refractivity contribution is 7.92. The van der Waals surface area contributed by atoms with E-state index in [0.717, 1.165) is 9.87 Å². The number of carbonyl (C=O) groups is 2. The molecule has 0 saturated heterocycles. The SMILES string of the molecule is CCOc1ccc(N(CC(=O)N(Cc2ccc(OC)cc2)[C@@H](CC)C(=O)NC)S(=O)(=O)c2ccc(Cl)cc2)cc1. The molecule has 0 unspecified atom stereocenters. The number of rotatable bonds is 13. The zero-order valence-corrected chi connectivity index (χ0v) is 24.5. The first kappa shape index (κ1) is 30.8. The second-order valence-electron chi connectivity index (χ2n) is 8.80. The molecule has 1 N–H and O–H groups in total. The van der Waals surface area contributed by atoms with E-state index < -0.39 is 28.5 Å². The molecule has 0 heterocycles. The average Bonchev–Trinajstić information content (AvgIpc) is 2.96. The molecule has 0 aliphatic rings. The van der Waals surface area contributed by atoms with Crippen molar-refractivity contribution in [1.29, 1.82) is 0 Å². The molecule has 40 heavy (non-hydrogen) atoms. The number of benzene rings is 3. The Morgan fingerprint density at radius 3 is 2.05 bits per heavy atom. The molecule has 0 aromatic heterocycles. The predicted octanol–water partition coefficient (Wildman–Crippen LogP) is 4.50. The number of sulfonamides is 1. The van der Waals surface area contributed by atoms with Gasteiger partial charge in [-0.2, -0.15) is 0 Å². The van der Waals surface area contributed by atoms with Crippen LogP contribution < -0.4 is 19.1 Å². The van der Waals surface area contributed by atoms with E-state index in [4.69, 9.17) is 21.1 Å². The van der Waals surface area contributed by atoms with Crippen LogP contribution in [0, 0.1) is 0 Å². The summed E-state index contributed by atoms with van der Waals surface area (Å²) in [7, 11) is -1.14. The fraction of sp³-hybridized carbons (Fsp3) is 0.310. The van der Waals surface area contributed by atoms with E-state index in [2.05, 4.69) is 5.32 Å². The summed E-state index contributed by atoms with van der Waals surface area (Å²) in [5.74, 6) is 0.319. The molecule has 214 valence electrons. The maximum atomic E-state index is 13.9. The van der Waals surface area contributed by atoms with Crippen molar-refractivity contribution >= 4 is 39.1 Å². The van der Waals surface area contributed by atoms with Crippen molar-refractivity contribution in [2.24, 2.45) is 0 Å². The van der Waals surface area contributed by atoms with E-state index in [-0.39, 0.29) is 23.0 Å². The molecule has 0 bridgehead atoms. The number of nitrogens with one attached hydrogen (secondary N) is 1. The van der Waals surface area contributed by atoms with Crippen molar-refractivity contribution in [3.05, 3.63) is 83.4 Å². The highest BCUT2D eigenvalue weighted by Crippen LogP contribution is 2.27. The van der Waals surface area contributed by atoms with Gasteiger partial charge in [0.1, 0.15) is 24.1 Å².